The van der Waals surface area contributed by atoms with Gasteiger partial charge in [0.2, 0.25) is 5.69 Å². The maximum Gasteiger partial charge on any atom is 0.436 e. The molecule has 0 unspecified atom stereocenters. The molecule has 0 atom stereocenters. The predicted octanol–water partition coefficient (Wildman–Crippen LogP) is 1.09. The van der Waals surface area contributed by atoms with E-state index in [-0.39, 0.29) is 5.69 Å². The van der Waals surface area contributed by atoms with Crippen LogP contribution in [0.1, 0.15) is 12.6 Å². The van der Waals surface area contributed by atoms with Crippen molar-refractivity contribution in [2.75, 3.05) is 13.7 Å². The summed E-state index contributed by atoms with van der Waals surface area (Å²) in [6.07, 6.45) is 0. The van der Waals surface area contributed by atoms with Crippen molar-refractivity contribution in [3.05, 3.63) is 64.6 Å². The van der Waals surface area contributed by atoms with E-state index < -0.39 is 11.5 Å². The minimum absolute atomic E-state index is 0.232. The third-order valence-corrected chi connectivity index (χ3v) is 3.56. The Morgan fingerprint density at radius 3 is 2.42 bits per heavy atom. The molecule has 1 aromatic heterocycles. The molecule has 3 aromatic rings. The predicted molar refractivity (Wildman–Crippen MR) is 91.2 cm³/mol. The standard InChI is InChI=1S/C18H17N3O5/c1-3-25-15-8-4-12(5-9-15)19-17(22)16-18(23)26-20-21(16)13-6-10-14(24-2)11-7-13/h4-11H,3H2,1-2H3,(H-,19,20,22,23). The largest absolute Gasteiger partial charge is 0.854 e. The van der Waals surface area contributed by atoms with E-state index in [0.29, 0.717) is 29.5 Å². The van der Waals surface area contributed by atoms with Crippen LogP contribution in [0.4, 0.5) is 5.69 Å². The molecular formula is C18H17N3O5. The number of nitrogens with zero attached hydrogens (tertiary/aromatic N) is 2. The highest BCUT2D eigenvalue weighted by Crippen LogP contribution is 2.18. The van der Waals surface area contributed by atoms with E-state index in [4.69, 9.17) is 14.0 Å². The molecule has 8 nitrogen and oxygen atoms in total. The van der Waals surface area contributed by atoms with Crippen LogP contribution in [0.2, 0.25) is 0 Å². The molecule has 3 rings (SSSR count). The number of hydrogen-bond donors (Lipinski definition) is 1. The Morgan fingerprint density at radius 1 is 1.15 bits per heavy atom. The Morgan fingerprint density at radius 2 is 1.81 bits per heavy atom. The van der Waals surface area contributed by atoms with Crippen LogP contribution in [0.5, 0.6) is 11.5 Å². The van der Waals surface area contributed by atoms with Crippen molar-refractivity contribution in [1.29, 1.82) is 0 Å². The van der Waals surface area contributed by atoms with E-state index in [1.165, 1.54) is 4.68 Å². The first-order valence-corrected chi connectivity index (χ1v) is 7.89. The van der Waals surface area contributed by atoms with Crippen molar-refractivity contribution in [3.63, 3.8) is 0 Å². The molecule has 134 valence electrons. The average Bonchev–Trinajstić information content (AvgIpc) is 3.05. The second-order valence-electron chi connectivity index (χ2n) is 5.21. The second-order valence-corrected chi connectivity index (χ2v) is 5.21. The highest BCUT2D eigenvalue weighted by Gasteiger charge is 2.23. The molecule has 0 aliphatic carbocycles. The number of benzene rings is 2. The van der Waals surface area contributed by atoms with Crippen molar-refractivity contribution in [1.82, 2.24) is 5.27 Å². The lowest BCUT2D eigenvalue weighted by atomic mass is 10.3. The molecule has 0 bridgehead atoms. The van der Waals surface area contributed by atoms with Crippen LogP contribution >= 0.6 is 0 Å². The summed E-state index contributed by atoms with van der Waals surface area (Å²) < 4.78 is 16.4. The van der Waals surface area contributed by atoms with Gasteiger partial charge in [0, 0.05) is 12.1 Å². The molecule has 26 heavy (non-hydrogen) atoms. The van der Waals surface area contributed by atoms with E-state index in [2.05, 4.69) is 10.3 Å². The van der Waals surface area contributed by atoms with Crippen molar-refractivity contribution < 1.29 is 23.8 Å². The van der Waals surface area contributed by atoms with Crippen LogP contribution in [0, 0.1) is 0 Å². The zero-order valence-corrected chi connectivity index (χ0v) is 14.3. The fourth-order valence-corrected chi connectivity index (χ4v) is 2.32. The number of aromatic amines is 1. The van der Waals surface area contributed by atoms with Crippen LogP contribution in [0.25, 0.3) is 5.69 Å². The zero-order valence-electron chi connectivity index (χ0n) is 14.3. The molecular weight excluding hydrogens is 338 g/mol. The number of nitrogens with one attached hydrogen (secondary N) is 1. The maximum absolute atomic E-state index is 12.5. The highest BCUT2D eigenvalue weighted by atomic mass is 16.5. The Balaban J connectivity index is 1.95. The summed E-state index contributed by atoms with van der Waals surface area (Å²) in [5, 5.41) is 14.9. The smallest absolute Gasteiger partial charge is 0.436 e. The highest BCUT2D eigenvalue weighted by molar-refractivity contribution is 5.88. The molecule has 0 spiro atoms. The molecule has 8 heteroatoms. The Bertz CT molecular complexity index is 956. The number of aliphatic imine (C=N–C) groups is 1. The van der Waals surface area contributed by atoms with Gasteiger partial charge in [-0.05, 0) is 53.3 Å². The molecule has 0 fully saturated rings. The lowest BCUT2D eigenvalue weighted by Gasteiger charge is -2.06. The van der Waals surface area contributed by atoms with Crippen LogP contribution in [-0.4, -0.2) is 24.9 Å². The van der Waals surface area contributed by atoms with E-state index in [9.17, 15) is 9.90 Å². The van der Waals surface area contributed by atoms with Crippen molar-refractivity contribution in [2.45, 2.75) is 6.92 Å². The third kappa shape index (κ3) is 3.59. The number of methoxy groups -OCH3 is 1. The van der Waals surface area contributed by atoms with Gasteiger partial charge in [0.15, 0.2) is 0 Å². The average molecular weight is 355 g/mol. The maximum atomic E-state index is 12.5. The fraction of sp³-hybridized carbons (Fsp3) is 0.167. The first-order chi connectivity index (χ1) is 12.6. The molecule has 2 aromatic carbocycles. The summed E-state index contributed by atoms with van der Waals surface area (Å²) in [7, 11) is 1.55. The Hall–Kier alpha value is -3.55. The lowest BCUT2D eigenvalue weighted by molar-refractivity contribution is -0.673. The molecule has 0 amide bonds. The lowest BCUT2D eigenvalue weighted by Crippen LogP contribution is -2.44. The SMILES string of the molecule is CCOc1ccc(N=C([O-])c2c(=O)o[nH][n+]2-c2ccc(OC)cc2)cc1. The molecule has 1 N–H and O–H groups in total. The Labute approximate surface area is 148 Å². The van der Waals surface area contributed by atoms with Gasteiger partial charge in [-0.3, -0.25) is 9.52 Å². The molecule has 1 heterocycles. The number of ether oxygens (including phenoxy) is 2. The van der Waals surface area contributed by atoms with E-state index in [0.717, 1.165) is 0 Å². The van der Waals surface area contributed by atoms with E-state index in [1.807, 2.05) is 6.92 Å². The molecule has 0 aliphatic rings. The van der Waals surface area contributed by atoms with Gasteiger partial charge in [0.1, 0.15) is 11.5 Å². The van der Waals surface area contributed by atoms with Crippen LogP contribution < -0.4 is 24.9 Å². The van der Waals surface area contributed by atoms with Crippen LogP contribution in [0.15, 0.2) is 62.8 Å². The zero-order chi connectivity index (χ0) is 18.5. The quantitative estimate of drug-likeness (QED) is 0.405. The van der Waals surface area contributed by atoms with Gasteiger partial charge < -0.3 is 14.6 Å². The number of hydrogen-bond acceptors (Lipinski definition) is 6. The van der Waals surface area contributed by atoms with Crippen molar-refractivity contribution in [2.24, 2.45) is 4.99 Å². The third-order valence-electron chi connectivity index (χ3n) is 3.56. The number of H-pyrrole nitrogens is 1. The summed E-state index contributed by atoms with van der Waals surface area (Å²) in [4.78, 5) is 15.9. The first kappa shape index (κ1) is 17.3. The summed E-state index contributed by atoms with van der Waals surface area (Å²) in [5.74, 6) is 0.598. The fourth-order valence-electron chi connectivity index (χ4n) is 2.32. The van der Waals surface area contributed by atoms with Gasteiger partial charge in [0.05, 0.1) is 25.3 Å². The van der Waals surface area contributed by atoms with Gasteiger partial charge in [0.25, 0.3) is 0 Å². The monoisotopic (exact) mass is 355 g/mol. The first-order valence-electron chi connectivity index (χ1n) is 7.89. The number of aromatic nitrogens is 2. The van der Waals surface area contributed by atoms with Gasteiger partial charge in [-0.15, -0.1) is 0 Å². The summed E-state index contributed by atoms with van der Waals surface area (Å²) in [6.45, 7) is 2.42. The van der Waals surface area contributed by atoms with Gasteiger partial charge in [-0.25, -0.2) is 4.79 Å². The Kier molecular flexibility index (Phi) is 5.02. The van der Waals surface area contributed by atoms with Crippen LogP contribution in [0.3, 0.4) is 0 Å². The van der Waals surface area contributed by atoms with Gasteiger partial charge in [-0.1, -0.05) is 0 Å². The molecule has 0 aliphatic heterocycles. The van der Waals surface area contributed by atoms with Gasteiger partial charge >= 0.3 is 11.3 Å². The van der Waals surface area contributed by atoms with Crippen LogP contribution in [-0.2, 0) is 0 Å². The normalized spacial score (nSPS) is 11.4. The minimum Gasteiger partial charge on any atom is -0.854 e. The summed E-state index contributed by atoms with van der Waals surface area (Å²) in [5.41, 5.74) is -0.105. The molecule has 0 radical (unpaired) electrons. The topological polar surface area (TPSA) is 104 Å². The molecule has 0 saturated heterocycles. The second kappa shape index (κ2) is 7.56. The van der Waals surface area contributed by atoms with E-state index >= 15 is 0 Å². The van der Waals surface area contributed by atoms with Crippen molar-refractivity contribution >= 4 is 11.6 Å². The van der Waals surface area contributed by atoms with E-state index in [1.54, 1.807) is 55.6 Å². The van der Waals surface area contributed by atoms with Gasteiger partial charge in [-0.2, -0.15) is 0 Å². The molecule has 0 saturated carbocycles. The summed E-state index contributed by atoms with van der Waals surface area (Å²) in [6, 6.07) is 13.4. The number of rotatable bonds is 6. The minimum atomic E-state index is -0.805. The summed E-state index contributed by atoms with van der Waals surface area (Å²) >= 11 is 0. The van der Waals surface area contributed by atoms with Crippen molar-refractivity contribution in [3.8, 4) is 17.2 Å².